The summed E-state index contributed by atoms with van der Waals surface area (Å²) in [5, 5.41) is 12.3. The molecule has 0 atom stereocenters. The second kappa shape index (κ2) is 6.16. The normalized spacial score (nSPS) is 11.7. The Bertz CT molecular complexity index is 388. The minimum absolute atomic E-state index is 0.0109. The van der Waals surface area contributed by atoms with Crippen LogP contribution in [-0.2, 0) is 6.54 Å². The maximum absolute atomic E-state index is 13.9. The molecule has 0 unspecified atom stereocenters. The zero-order chi connectivity index (χ0) is 13.8. The van der Waals surface area contributed by atoms with Crippen molar-refractivity contribution in [2.45, 2.75) is 32.9 Å². The minimum atomic E-state index is -0.251. The van der Waals surface area contributed by atoms with Crippen molar-refractivity contribution in [3.8, 4) is 0 Å². The average Bonchev–Trinajstić information content (AvgIpc) is 2.25. The SMILES string of the molecule is CN(CCO)c1c(F)cccc1CNC(C)(C)C. The van der Waals surface area contributed by atoms with Crippen molar-refractivity contribution in [2.75, 3.05) is 25.1 Å². The molecule has 0 saturated carbocycles. The average molecular weight is 254 g/mol. The number of rotatable bonds is 5. The van der Waals surface area contributed by atoms with Crippen molar-refractivity contribution in [2.24, 2.45) is 0 Å². The first-order chi connectivity index (χ1) is 8.35. The van der Waals surface area contributed by atoms with Gasteiger partial charge in [-0.2, -0.15) is 0 Å². The lowest BCUT2D eigenvalue weighted by Crippen LogP contribution is -2.35. The van der Waals surface area contributed by atoms with Crippen LogP contribution in [0.15, 0.2) is 18.2 Å². The van der Waals surface area contributed by atoms with Crippen molar-refractivity contribution in [3.05, 3.63) is 29.6 Å². The van der Waals surface area contributed by atoms with Crippen LogP contribution < -0.4 is 10.2 Å². The number of nitrogens with zero attached hydrogens (tertiary/aromatic N) is 1. The summed E-state index contributed by atoms with van der Waals surface area (Å²) >= 11 is 0. The monoisotopic (exact) mass is 254 g/mol. The van der Waals surface area contributed by atoms with E-state index in [2.05, 4.69) is 26.1 Å². The summed E-state index contributed by atoms with van der Waals surface area (Å²) in [6, 6.07) is 5.07. The highest BCUT2D eigenvalue weighted by atomic mass is 19.1. The first-order valence-electron chi connectivity index (χ1n) is 6.19. The zero-order valence-electron chi connectivity index (χ0n) is 11.6. The predicted molar refractivity (Wildman–Crippen MR) is 73.3 cm³/mol. The van der Waals surface area contributed by atoms with Crippen LogP contribution in [0.4, 0.5) is 10.1 Å². The maximum Gasteiger partial charge on any atom is 0.146 e. The van der Waals surface area contributed by atoms with Gasteiger partial charge in [-0.05, 0) is 32.4 Å². The molecule has 0 aromatic heterocycles. The number of halogens is 1. The number of aliphatic hydroxyl groups is 1. The first-order valence-corrected chi connectivity index (χ1v) is 6.19. The van der Waals surface area contributed by atoms with Crippen LogP contribution in [0, 0.1) is 5.82 Å². The third kappa shape index (κ3) is 4.27. The van der Waals surface area contributed by atoms with Gasteiger partial charge in [0.25, 0.3) is 0 Å². The summed E-state index contributed by atoms with van der Waals surface area (Å²) in [7, 11) is 1.79. The highest BCUT2D eigenvalue weighted by molar-refractivity contribution is 5.54. The van der Waals surface area contributed by atoms with Crippen LogP contribution in [0.2, 0.25) is 0 Å². The van der Waals surface area contributed by atoms with Crippen LogP contribution in [-0.4, -0.2) is 30.8 Å². The fourth-order valence-corrected chi connectivity index (χ4v) is 1.75. The highest BCUT2D eigenvalue weighted by Gasteiger charge is 2.15. The molecular formula is C14H23FN2O. The lowest BCUT2D eigenvalue weighted by molar-refractivity contribution is 0.303. The van der Waals surface area contributed by atoms with Gasteiger partial charge in [0, 0.05) is 25.7 Å². The standard InChI is InChI=1S/C14H23FN2O/c1-14(2,3)16-10-11-6-5-7-12(15)13(11)17(4)8-9-18/h5-7,16,18H,8-10H2,1-4H3. The van der Waals surface area contributed by atoms with E-state index in [4.69, 9.17) is 5.11 Å². The van der Waals surface area contributed by atoms with Gasteiger partial charge in [0.05, 0.1) is 12.3 Å². The summed E-state index contributed by atoms with van der Waals surface area (Å²) < 4.78 is 13.9. The number of hydrogen-bond acceptors (Lipinski definition) is 3. The molecule has 0 spiro atoms. The van der Waals surface area contributed by atoms with E-state index >= 15 is 0 Å². The van der Waals surface area contributed by atoms with Crippen molar-refractivity contribution >= 4 is 5.69 Å². The number of aliphatic hydroxyl groups excluding tert-OH is 1. The summed E-state index contributed by atoms with van der Waals surface area (Å²) in [4.78, 5) is 1.75. The largest absolute Gasteiger partial charge is 0.395 e. The van der Waals surface area contributed by atoms with Crippen LogP contribution in [0.3, 0.4) is 0 Å². The molecule has 1 rings (SSSR count). The van der Waals surface area contributed by atoms with Crippen LogP contribution in [0.5, 0.6) is 0 Å². The van der Waals surface area contributed by atoms with Crippen LogP contribution in [0.25, 0.3) is 0 Å². The van der Waals surface area contributed by atoms with E-state index in [0.717, 1.165) is 5.56 Å². The van der Waals surface area contributed by atoms with E-state index in [1.54, 1.807) is 18.0 Å². The van der Waals surface area contributed by atoms with E-state index in [-0.39, 0.29) is 18.0 Å². The number of likely N-dealkylation sites (N-methyl/N-ethyl adjacent to an activating group) is 1. The number of para-hydroxylation sites is 1. The number of anilines is 1. The highest BCUT2D eigenvalue weighted by Crippen LogP contribution is 2.23. The molecule has 0 aliphatic rings. The third-order valence-corrected chi connectivity index (χ3v) is 2.70. The van der Waals surface area contributed by atoms with Gasteiger partial charge >= 0.3 is 0 Å². The molecule has 4 heteroatoms. The molecule has 1 aromatic rings. The van der Waals surface area contributed by atoms with Gasteiger partial charge < -0.3 is 15.3 Å². The zero-order valence-corrected chi connectivity index (χ0v) is 11.6. The Balaban J connectivity index is 2.93. The number of hydrogen-bond donors (Lipinski definition) is 2. The van der Waals surface area contributed by atoms with E-state index in [1.807, 2.05) is 6.07 Å². The number of benzene rings is 1. The number of nitrogens with one attached hydrogen (secondary N) is 1. The van der Waals surface area contributed by atoms with Crippen LogP contribution in [0.1, 0.15) is 26.3 Å². The second-order valence-corrected chi connectivity index (χ2v) is 5.50. The lowest BCUT2D eigenvalue weighted by Gasteiger charge is -2.25. The molecule has 2 N–H and O–H groups in total. The lowest BCUT2D eigenvalue weighted by atomic mass is 10.1. The van der Waals surface area contributed by atoms with Gasteiger partial charge in [0.15, 0.2) is 0 Å². The maximum atomic E-state index is 13.9. The Morgan fingerprint density at radius 1 is 1.33 bits per heavy atom. The molecule has 0 heterocycles. The molecule has 0 bridgehead atoms. The van der Waals surface area contributed by atoms with E-state index < -0.39 is 0 Å². The fourth-order valence-electron chi connectivity index (χ4n) is 1.75. The minimum Gasteiger partial charge on any atom is -0.395 e. The predicted octanol–water partition coefficient (Wildman–Crippen LogP) is 2.14. The van der Waals surface area contributed by atoms with Crippen LogP contribution >= 0.6 is 0 Å². The van der Waals surface area contributed by atoms with Gasteiger partial charge in [-0.1, -0.05) is 12.1 Å². The topological polar surface area (TPSA) is 35.5 Å². The van der Waals surface area contributed by atoms with Gasteiger partial charge in [-0.15, -0.1) is 0 Å². The Hall–Kier alpha value is -1.13. The summed E-state index contributed by atoms with van der Waals surface area (Å²) in [5.41, 5.74) is 1.45. The first kappa shape index (κ1) is 14.9. The molecule has 0 radical (unpaired) electrons. The van der Waals surface area contributed by atoms with Gasteiger partial charge in [0.1, 0.15) is 5.82 Å². The Morgan fingerprint density at radius 2 is 2.00 bits per heavy atom. The molecule has 0 saturated heterocycles. The van der Waals surface area contributed by atoms with E-state index in [9.17, 15) is 4.39 Å². The molecule has 102 valence electrons. The van der Waals surface area contributed by atoms with Gasteiger partial charge in [-0.25, -0.2) is 4.39 Å². The van der Waals surface area contributed by atoms with Crippen molar-refractivity contribution in [1.82, 2.24) is 5.32 Å². The molecule has 0 aliphatic carbocycles. The van der Waals surface area contributed by atoms with Gasteiger partial charge in [-0.3, -0.25) is 0 Å². The Morgan fingerprint density at radius 3 is 2.56 bits per heavy atom. The molecule has 1 aromatic carbocycles. The summed E-state index contributed by atoms with van der Waals surface area (Å²) in [6.07, 6.45) is 0. The smallest absolute Gasteiger partial charge is 0.146 e. The molecule has 0 amide bonds. The molecular weight excluding hydrogens is 231 g/mol. The Kier molecular flexibility index (Phi) is 5.11. The second-order valence-electron chi connectivity index (χ2n) is 5.50. The summed E-state index contributed by atoms with van der Waals surface area (Å²) in [5.74, 6) is -0.251. The summed E-state index contributed by atoms with van der Waals surface area (Å²) in [6.45, 7) is 7.25. The Labute approximate surface area is 109 Å². The fraction of sp³-hybridized carbons (Fsp3) is 0.571. The quantitative estimate of drug-likeness (QED) is 0.845. The third-order valence-electron chi connectivity index (χ3n) is 2.70. The van der Waals surface area contributed by atoms with E-state index in [1.165, 1.54) is 6.07 Å². The molecule has 0 aliphatic heterocycles. The molecule has 3 nitrogen and oxygen atoms in total. The van der Waals surface area contributed by atoms with Crippen molar-refractivity contribution in [3.63, 3.8) is 0 Å². The van der Waals surface area contributed by atoms with E-state index in [0.29, 0.717) is 18.8 Å². The molecule has 18 heavy (non-hydrogen) atoms. The van der Waals surface area contributed by atoms with Crippen molar-refractivity contribution in [1.29, 1.82) is 0 Å². The van der Waals surface area contributed by atoms with Gasteiger partial charge in [0.2, 0.25) is 0 Å². The van der Waals surface area contributed by atoms with Crippen molar-refractivity contribution < 1.29 is 9.50 Å². The molecule has 0 fully saturated rings.